The molecule has 23 heavy (non-hydrogen) atoms. The van der Waals surface area contributed by atoms with Crippen molar-refractivity contribution in [3.05, 3.63) is 54.4 Å². The van der Waals surface area contributed by atoms with Crippen LogP contribution >= 0.6 is 0 Å². The van der Waals surface area contributed by atoms with E-state index in [4.69, 9.17) is 4.74 Å². The van der Waals surface area contributed by atoms with Crippen molar-refractivity contribution in [2.24, 2.45) is 0 Å². The lowest BCUT2D eigenvalue weighted by Gasteiger charge is -2.16. The van der Waals surface area contributed by atoms with Crippen molar-refractivity contribution in [1.29, 1.82) is 0 Å². The summed E-state index contributed by atoms with van der Waals surface area (Å²) in [5, 5.41) is 0. The molecule has 3 aromatic rings. The number of fused-ring (bicyclic) bond motifs is 2. The second kappa shape index (κ2) is 5.52. The summed E-state index contributed by atoms with van der Waals surface area (Å²) >= 11 is 0. The Morgan fingerprint density at radius 3 is 3.04 bits per heavy atom. The third-order valence-electron chi connectivity index (χ3n) is 4.20. The SMILES string of the molecule is COCC(=O)N1CCc2cc(-c3cn4ccccc4n3)ccc21. The molecule has 0 aliphatic carbocycles. The molecule has 0 saturated carbocycles. The smallest absolute Gasteiger partial charge is 0.252 e. The number of hydrogen-bond acceptors (Lipinski definition) is 3. The van der Waals surface area contributed by atoms with Crippen LogP contribution < -0.4 is 4.90 Å². The van der Waals surface area contributed by atoms with E-state index in [0.717, 1.165) is 29.0 Å². The first-order valence-electron chi connectivity index (χ1n) is 7.62. The van der Waals surface area contributed by atoms with Crippen LogP contribution in [0.4, 0.5) is 5.69 Å². The van der Waals surface area contributed by atoms with Gasteiger partial charge in [-0.1, -0.05) is 12.1 Å². The zero-order valence-electron chi connectivity index (χ0n) is 12.9. The van der Waals surface area contributed by atoms with Gasteiger partial charge in [0.15, 0.2) is 0 Å². The summed E-state index contributed by atoms with van der Waals surface area (Å²) in [6.45, 7) is 0.833. The van der Waals surface area contributed by atoms with E-state index in [1.165, 1.54) is 5.56 Å². The lowest BCUT2D eigenvalue weighted by atomic mass is 10.1. The lowest BCUT2D eigenvalue weighted by molar-refractivity contribution is -0.122. The molecule has 5 nitrogen and oxygen atoms in total. The average Bonchev–Trinajstić information content (AvgIpc) is 3.18. The fourth-order valence-corrected chi connectivity index (χ4v) is 3.10. The second-order valence-electron chi connectivity index (χ2n) is 5.66. The average molecular weight is 307 g/mol. The Labute approximate surface area is 134 Å². The normalized spacial score (nSPS) is 13.5. The third kappa shape index (κ3) is 2.39. The van der Waals surface area contributed by atoms with E-state index in [9.17, 15) is 4.79 Å². The molecule has 0 unspecified atom stereocenters. The lowest BCUT2D eigenvalue weighted by Crippen LogP contribution is -2.31. The fraction of sp³-hybridized carbons (Fsp3) is 0.222. The highest BCUT2D eigenvalue weighted by atomic mass is 16.5. The molecule has 116 valence electrons. The molecule has 2 aromatic heterocycles. The number of carbonyl (C=O) groups is 1. The summed E-state index contributed by atoms with van der Waals surface area (Å²) in [6, 6.07) is 12.1. The van der Waals surface area contributed by atoms with Crippen LogP contribution in [0, 0.1) is 0 Å². The summed E-state index contributed by atoms with van der Waals surface area (Å²) in [5.41, 5.74) is 5.12. The molecule has 0 N–H and O–H groups in total. The minimum absolute atomic E-state index is 0.00623. The van der Waals surface area contributed by atoms with Crippen LogP contribution in [-0.2, 0) is 16.0 Å². The molecule has 5 heteroatoms. The van der Waals surface area contributed by atoms with E-state index in [2.05, 4.69) is 11.1 Å². The fourth-order valence-electron chi connectivity index (χ4n) is 3.10. The predicted octanol–water partition coefficient (Wildman–Crippen LogP) is 2.54. The van der Waals surface area contributed by atoms with Gasteiger partial charge in [-0.15, -0.1) is 0 Å². The van der Waals surface area contributed by atoms with Crippen molar-refractivity contribution in [3.8, 4) is 11.3 Å². The number of imidazole rings is 1. The zero-order chi connectivity index (χ0) is 15.8. The van der Waals surface area contributed by atoms with E-state index < -0.39 is 0 Å². The molecule has 1 aromatic carbocycles. The monoisotopic (exact) mass is 307 g/mol. The maximum Gasteiger partial charge on any atom is 0.252 e. The molecule has 0 saturated heterocycles. The van der Waals surface area contributed by atoms with Gasteiger partial charge in [-0.2, -0.15) is 0 Å². The Balaban J connectivity index is 1.69. The first-order chi connectivity index (χ1) is 11.3. The number of carbonyl (C=O) groups excluding carboxylic acids is 1. The van der Waals surface area contributed by atoms with Crippen LogP contribution in [0.3, 0.4) is 0 Å². The largest absolute Gasteiger partial charge is 0.375 e. The van der Waals surface area contributed by atoms with Crippen LogP contribution in [0.25, 0.3) is 16.9 Å². The van der Waals surface area contributed by atoms with Crippen molar-refractivity contribution >= 4 is 17.2 Å². The second-order valence-corrected chi connectivity index (χ2v) is 5.66. The third-order valence-corrected chi connectivity index (χ3v) is 4.20. The van der Waals surface area contributed by atoms with Gasteiger partial charge in [0.25, 0.3) is 5.91 Å². The van der Waals surface area contributed by atoms with Gasteiger partial charge in [0.1, 0.15) is 12.3 Å². The van der Waals surface area contributed by atoms with Crippen molar-refractivity contribution in [2.75, 3.05) is 25.2 Å². The summed E-state index contributed by atoms with van der Waals surface area (Å²) in [4.78, 5) is 18.5. The molecule has 0 atom stereocenters. The molecule has 0 fully saturated rings. The number of hydrogen-bond donors (Lipinski definition) is 0. The molecule has 0 radical (unpaired) electrons. The van der Waals surface area contributed by atoms with Gasteiger partial charge in [-0.05, 0) is 36.2 Å². The minimum atomic E-state index is 0.00623. The Kier molecular flexibility index (Phi) is 3.35. The van der Waals surface area contributed by atoms with Gasteiger partial charge >= 0.3 is 0 Å². The van der Waals surface area contributed by atoms with E-state index in [0.29, 0.717) is 6.54 Å². The van der Waals surface area contributed by atoms with Crippen LogP contribution in [0.2, 0.25) is 0 Å². The number of anilines is 1. The Morgan fingerprint density at radius 1 is 1.30 bits per heavy atom. The quantitative estimate of drug-likeness (QED) is 0.747. The molecule has 1 aliphatic heterocycles. The molecule has 0 bridgehead atoms. The molecular weight excluding hydrogens is 290 g/mol. The zero-order valence-corrected chi connectivity index (χ0v) is 12.9. The highest BCUT2D eigenvalue weighted by Gasteiger charge is 2.24. The van der Waals surface area contributed by atoms with Gasteiger partial charge in [-0.3, -0.25) is 4.79 Å². The van der Waals surface area contributed by atoms with Crippen molar-refractivity contribution in [3.63, 3.8) is 0 Å². The molecule has 0 spiro atoms. The summed E-state index contributed by atoms with van der Waals surface area (Å²) < 4.78 is 6.96. The number of amides is 1. The van der Waals surface area contributed by atoms with Crippen LogP contribution in [0.1, 0.15) is 5.56 Å². The van der Waals surface area contributed by atoms with Gasteiger partial charge in [0.05, 0.1) is 5.69 Å². The number of aromatic nitrogens is 2. The number of benzene rings is 1. The Morgan fingerprint density at radius 2 is 2.22 bits per heavy atom. The summed E-state index contributed by atoms with van der Waals surface area (Å²) in [5.74, 6) is 0.00623. The highest BCUT2D eigenvalue weighted by Crippen LogP contribution is 2.32. The first-order valence-corrected chi connectivity index (χ1v) is 7.62. The maximum absolute atomic E-state index is 12.1. The van der Waals surface area contributed by atoms with E-state index in [1.807, 2.05) is 47.1 Å². The molecule has 1 aliphatic rings. The number of methoxy groups -OCH3 is 1. The standard InChI is InChI=1S/C18H17N3O2/c1-23-12-18(22)21-9-7-14-10-13(5-6-16(14)21)15-11-20-8-3-2-4-17(20)19-15/h2-6,8,10-11H,7,9,12H2,1H3. The highest BCUT2D eigenvalue weighted by molar-refractivity contribution is 5.96. The Hall–Kier alpha value is -2.66. The minimum Gasteiger partial charge on any atom is -0.375 e. The van der Waals surface area contributed by atoms with Gasteiger partial charge in [0.2, 0.25) is 0 Å². The van der Waals surface area contributed by atoms with Crippen molar-refractivity contribution < 1.29 is 9.53 Å². The number of ether oxygens (including phenoxy) is 1. The first kappa shape index (κ1) is 14.0. The number of nitrogens with zero attached hydrogens (tertiary/aromatic N) is 3. The predicted molar refractivity (Wildman–Crippen MR) is 88.6 cm³/mol. The van der Waals surface area contributed by atoms with E-state index in [1.54, 1.807) is 12.0 Å². The topological polar surface area (TPSA) is 46.8 Å². The molecule has 4 rings (SSSR count). The summed E-state index contributed by atoms with van der Waals surface area (Å²) in [7, 11) is 1.54. The molecule has 3 heterocycles. The maximum atomic E-state index is 12.1. The van der Waals surface area contributed by atoms with Crippen LogP contribution in [0.5, 0.6) is 0 Å². The number of rotatable bonds is 3. The summed E-state index contributed by atoms with van der Waals surface area (Å²) in [6.07, 6.45) is 4.89. The van der Waals surface area contributed by atoms with Crippen molar-refractivity contribution in [1.82, 2.24) is 9.38 Å². The van der Waals surface area contributed by atoms with Gasteiger partial charge in [-0.25, -0.2) is 4.98 Å². The van der Waals surface area contributed by atoms with Crippen LogP contribution in [0.15, 0.2) is 48.8 Å². The molecular formula is C18H17N3O2. The molecule has 1 amide bonds. The van der Waals surface area contributed by atoms with Crippen LogP contribution in [-0.4, -0.2) is 35.6 Å². The van der Waals surface area contributed by atoms with Crippen molar-refractivity contribution in [2.45, 2.75) is 6.42 Å². The van der Waals surface area contributed by atoms with Gasteiger partial charge < -0.3 is 14.0 Å². The number of pyridine rings is 1. The van der Waals surface area contributed by atoms with E-state index in [-0.39, 0.29) is 12.5 Å². The Bertz CT molecular complexity index is 852. The van der Waals surface area contributed by atoms with E-state index >= 15 is 0 Å². The van der Waals surface area contributed by atoms with Gasteiger partial charge in [0, 0.05) is 37.3 Å².